The number of nitrogens with zero attached hydrogens (tertiary/aromatic N) is 4. The number of hydrogen-bond donors (Lipinski definition) is 1. The number of allylic oxidation sites excluding steroid dienone is 2. The highest BCUT2D eigenvalue weighted by Gasteiger charge is 2.47. The predicted molar refractivity (Wildman–Crippen MR) is 128 cm³/mol. The molecule has 0 spiro atoms. The molecule has 1 amide bonds. The summed E-state index contributed by atoms with van der Waals surface area (Å²) in [7, 11) is -3.89. The molecule has 1 aliphatic heterocycles. The van der Waals surface area contributed by atoms with Crippen LogP contribution in [-0.4, -0.2) is 70.7 Å². The molecule has 0 bridgehead atoms. The highest BCUT2D eigenvalue weighted by atomic mass is 79.9. The zero-order valence-corrected chi connectivity index (χ0v) is 20.7. The number of amides is 1. The number of carbonyl (C=O) groups is 1. The molecule has 0 aromatic carbocycles. The lowest BCUT2D eigenvalue weighted by Gasteiger charge is -2.34. The fourth-order valence-corrected chi connectivity index (χ4v) is 5.33. The first kappa shape index (κ1) is 24.3. The van der Waals surface area contributed by atoms with Crippen molar-refractivity contribution in [3.8, 4) is 5.88 Å². The highest BCUT2D eigenvalue weighted by molar-refractivity contribution is 9.10. The van der Waals surface area contributed by atoms with Crippen molar-refractivity contribution in [2.24, 2.45) is 0 Å². The Morgan fingerprint density at radius 3 is 2.68 bits per heavy atom. The number of hydrogen-bond acceptors (Lipinski definition) is 8. The number of aromatic nitrogens is 3. The van der Waals surface area contributed by atoms with Crippen molar-refractivity contribution >= 4 is 37.5 Å². The van der Waals surface area contributed by atoms with Gasteiger partial charge in [-0.3, -0.25) is 9.78 Å². The van der Waals surface area contributed by atoms with Crippen LogP contribution in [0.3, 0.4) is 0 Å². The molecule has 4 rings (SSSR count). The Hall–Kier alpha value is -2.86. The number of carbonyl (C=O) groups excluding carboxylic acids is 1. The first-order valence-corrected chi connectivity index (χ1v) is 13.2. The van der Waals surface area contributed by atoms with E-state index in [0.29, 0.717) is 31.5 Å². The fourth-order valence-electron chi connectivity index (χ4n) is 3.86. The molecule has 2 aliphatic rings. The standard InChI is InChI=1S/C22H23BrFN5O4S/c1-34(31,32)22(7-3-2-4-18(22)24)28-19-11-20(27-14-26-19)33-17-5-8-29(9-6-17)21(30)15-10-16(23)13-25-12-15/h2-4,7,10-14,17-18H,5-6,8-9H2,1H3,(H,26,27,28). The Morgan fingerprint density at radius 2 is 2.00 bits per heavy atom. The number of pyridine rings is 1. The number of halogens is 2. The molecule has 12 heteroatoms. The first-order valence-electron chi connectivity index (χ1n) is 10.5. The molecule has 1 aliphatic carbocycles. The van der Waals surface area contributed by atoms with Gasteiger partial charge in [0.05, 0.1) is 5.56 Å². The van der Waals surface area contributed by atoms with Crippen LogP contribution >= 0.6 is 15.9 Å². The summed E-state index contributed by atoms with van der Waals surface area (Å²) in [5.41, 5.74) is 0.512. The first-order chi connectivity index (χ1) is 16.2. The second kappa shape index (κ2) is 9.79. The van der Waals surface area contributed by atoms with Gasteiger partial charge < -0.3 is 15.0 Å². The second-order valence-electron chi connectivity index (χ2n) is 8.08. The molecular weight excluding hydrogens is 529 g/mol. The number of sulfone groups is 1. The van der Waals surface area contributed by atoms with Gasteiger partial charge in [-0.15, -0.1) is 0 Å². The van der Waals surface area contributed by atoms with Crippen molar-refractivity contribution < 1.29 is 22.3 Å². The van der Waals surface area contributed by atoms with E-state index >= 15 is 0 Å². The number of piperidine rings is 1. The lowest BCUT2D eigenvalue weighted by Crippen LogP contribution is -2.52. The monoisotopic (exact) mass is 551 g/mol. The normalized spacial score (nSPS) is 23.0. The number of nitrogens with one attached hydrogen (secondary N) is 1. The maximum absolute atomic E-state index is 14.7. The Bertz CT molecular complexity index is 1230. The van der Waals surface area contributed by atoms with E-state index in [1.54, 1.807) is 17.2 Å². The van der Waals surface area contributed by atoms with E-state index in [2.05, 4.69) is 36.2 Å². The number of anilines is 1. The smallest absolute Gasteiger partial charge is 0.255 e. The molecular formula is C22H23BrFN5O4S. The highest BCUT2D eigenvalue weighted by Crippen LogP contribution is 2.31. The van der Waals surface area contributed by atoms with Crippen molar-refractivity contribution in [1.82, 2.24) is 19.9 Å². The van der Waals surface area contributed by atoms with Crippen molar-refractivity contribution in [1.29, 1.82) is 0 Å². The van der Waals surface area contributed by atoms with Gasteiger partial charge >= 0.3 is 0 Å². The van der Waals surface area contributed by atoms with Gasteiger partial charge in [-0.25, -0.2) is 22.8 Å². The van der Waals surface area contributed by atoms with Gasteiger partial charge in [0, 0.05) is 55.1 Å². The predicted octanol–water partition coefficient (Wildman–Crippen LogP) is 2.93. The summed E-state index contributed by atoms with van der Waals surface area (Å²) in [6.07, 6.45) is 9.90. The molecule has 9 nitrogen and oxygen atoms in total. The summed E-state index contributed by atoms with van der Waals surface area (Å²) in [5.74, 6) is 0.253. The average Bonchev–Trinajstić information content (AvgIpc) is 2.80. The van der Waals surface area contributed by atoms with E-state index in [1.807, 2.05) is 0 Å². The third kappa shape index (κ3) is 5.12. The molecule has 2 atom stereocenters. The Morgan fingerprint density at radius 1 is 1.24 bits per heavy atom. The Balaban J connectivity index is 1.40. The lowest BCUT2D eigenvalue weighted by atomic mass is 10.1. The third-order valence-corrected chi connectivity index (χ3v) is 7.82. The van der Waals surface area contributed by atoms with E-state index in [-0.39, 0.29) is 23.7 Å². The van der Waals surface area contributed by atoms with E-state index in [0.717, 1.165) is 10.7 Å². The summed E-state index contributed by atoms with van der Waals surface area (Å²) in [5, 5.41) is 2.71. The van der Waals surface area contributed by atoms with Gasteiger partial charge in [0.2, 0.25) is 5.88 Å². The van der Waals surface area contributed by atoms with E-state index in [9.17, 15) is 17.6 Å². The van der Waals surface area contributed by atoms with Crippen LogP contribution in [0, 0.1) is 0 Å². The largest absolute Gasteiger partial charge is 0.474 e. The molecule has 2 unspecified atom stereocenters. The van der Waals surface area contributed by atoms with Gasteiger partial charge in [-0.05, 0) is 34.1 Å². The maximum atomic E-state index is 14.7. The quantitative estimate of drug-likeness (QED) is 0.582. The zero-order valence-electron chi connectivity index (χ0n) is 18.3. The Labute approximate surface area is 205 Å². The van der Waals surface area contributed by atoms with Crippen LogP contribution < -0.4 is 10.1 Å². The van der Waals surface area contributed by atoms with E-state index in [1.165, 1.54) is 42.9 Å². The molecule has 2 aromatic rings. The summed E-state index contributed by atoms with van der Waals surface area (Å²) < 4.78 is 46.3. The minimum atomic E-state index is -3.89. The van der Waals surface area contributed by atoms with Gasteiger partial charge in [0.1, 0.15) is 18.2 Å². The summed E-state index contributed by atoms with van der Waals surface area (Å²) in [4.78, 5) is 24.6. The number of likely N-dealkylation sites (tertiary alicyclic amines) is 1. The minimum absolute atomic E-state index is 0.0952. The van der Waals surface area contributed by atoms with Gasteiger partial charge in [0.25, 0.3) is 5.91 Å². The molecule has 180 valence electrons. The zero-order chi connectivity index (χ0) is 24.3. The topological polar surface area (TPSA) is 114 Å². The van der Waals surface area contributed by atoms with Gasteiger partial charge in [0.15, 0.2) is 20.9 Å². The molecule has 0 saturated carbocycles. The summed E-state index contributed by atoms with van der Waals surface area (Å²) >= 11 is 3.32. The van der Waals surface area contributed by atoms with E-state index in [4.69, 9.17) is 4.74 Å². The van der Waals surface area contributed by atoms with Crippen molar-refractivity contribution in [2.75, 3.05) is 24.7 Å². The van der Waals surface area contributed by atoms with E-state index < -0.39 is 20.9 Å². The van der Waals surface area contributed by atoms with Crippen LogP contribution in [0.25, 0.3) is 0 Å². The minimum Gasteiger partial charge on any atom is -0.474 e. The number of rotatable bonds is 6. The number of alkyl halides is 1. The molecule has 1 fully saturated rings. The third-order valence-electron chi connectivity index (χ3n) is 5.69. The maximum Gasteiger partial charge on any atom is 0.255 e. The Kier molecular flexibility index (Phi) is 6.99. The summed E-state index contributed by atoms with van der Waals surface area (Å²) in [6.45, 7) is 1.01. The molecule has 3 heterocycles. The van der Waals surface area contributed by atoms with Crippen LogP contribution in [0.2, 0.25) is 0 Å². The SMILES string of the molecule is CS(=O)(=O)C1(Nc2cc(OC3CCN(C(=O)c4cncc(Br)c4)CC3)ncn2)C=CC=CC1F. The van der Waals surface area contributed by atoms with Crippen molar-refractivity contribution in [3.63, 3.8) is 0 Å². The molecule has 0 radical (unpaired) electrons. The molecule has 1 N–H and O–H groups in total. The average molecular weight is 552 g/mol. The molecule has 34 heavy (non-hydrogen) atoms. The van der Waals surface area contributed by atoms with Crippen LogP contribution in [0.5, 0.6) is 5.88 Å². The van der Waals surface area contributed by atoms with Crippen molar-refractivity contribution in [2.45, 2.75) is 30.0 Å². The van der Waals surface area contributed by atoms with Crippen LogP contribution in [-0.2, 0) is 9.84 Å². The number of ether oxygens (including phenoxy) is 1. The van der Waals surface area contributed by atoms with Crippen LogP contribution in [0.15, 0.2) is 59.6 Å². The van der Waals surface area contributed by atoms with Crippen LogP contribution in [0.4, 0.5) is 10.2 Å². The molecule has 1 saturated heterocycles. The molecule has 2 aromatic heterocycles. The fraction of sp³-hybridized carbons (Fsp3) is 0.364. The van der Waals surface area contributed by atoms with Crippen LogP contribution in [0.1, 0.15) is 23.2 Å². The lowest BCUT2D eigenvalue weighted by molar-refractivity contribution is 0.0587. The summed E-state index contributed by atoms with van der Waals surface area (Å²) in [6, 6.07) is 3.17. The van der Waals surface area contributed by atoms with Gasteiger partial charge in [-0.2, -0.15) is 0 Å². The van der Waals surface area contributed by atoms with Crippen molar-refractivity contribution in [3.05, 3.63) is 65.2 Å². The van der Waals surface area contributed by atoms with Gasteiger partial charge in [-0.1, -0.05) is 12.2 Å². The second-order valence-corrected chi connectivity index (χ2v) is 11.2.